The van der Waals surface area contributed by atoms with Crippen LogP contribution in [-0.4, -0.2) is 84.7 Å². The number of thiazole rings is 1. The van der Waals surface area contributed by atoms with Gasteiger partial charge in [0.1, 0.15) is 37.7 Å². The van der Waals surface area contributed by atoms with E-state index in [0.717, 1.165) is 5.56 Å². The van der Waals surface area contributed by atoms with Crippen LogP contribution in [0.15, 0.2) is 82.2 Å². The molecule has 0 spiro atoms. The second kappa shape index (κ2) is 19.0. The lowest BCUT2D eigenvalue weighted by molar-refractivity contribution is -0.848. The van der Waals surface area contributed by atoms with Crippen molar-refractivity contribution in [2.24, 2.45) is 10.1 Å². The molecule has 2 heterocycles. The molecule has 0 radical (unpaired) electrons. The molecule has 3 aromatic carbocycles. The van der Waals surface area contributed by atoms with Gasteiger partial charge in [0.2, 0.25) is 6.34 Å². The van der Waals surface area contributed by atoms with Gasteiger partial charge in [0.05, 0.1) is 34.6 Å². The van der Waals surface area contributed by atoms with Gasteiger partial charge < -0.3 is 27.0 Å². The summed E-state index contributed by atoms with van der Waals surface area (Å²) in [5.74, 6) is -1.60. The molecule has 0 bridgehead atoms. The van der Waals surface area contributed by atoms with Gasteiger partial charge in [0.25, 0.3) is 0 Å². The monoisotopic (exact) mass is 803 g/mol. The lowest BCUT2D eigenvalue weighted by Gasteiger charge is -2.38. The summed E-state index contributed by atoms with van der Waals surface area (Å²) in [7, 11) is 3.49. The third-order valence-electron chi connectivity index (χ3n) is 8.24. The van der Waals surface area contributed by atoms with Gasteiger partial charge in [-0.15, -0.1) is 28.3 Å². The van der Waals surface area contributed by atoms with Crippen molar-refractivity contribution >= 4 is 65.8 Å². The van der Waals surface area contributed by atoms with Gasteiger partial charge >= 0.3 is 12.1 Å². The lowest BCUT2D eigenvalue weighted by Crippen LogP contribution is -3.00. The highest BCUT2D eigenvalue weighted by Gasteiger charge is 2.48. The van der Waals surface area contributed by atoms with Crippen LogP contribution < -0.4 is 17.7 Å². The average molecular weight is 805 g/mol. The van der Waals surface area contributed by atoms with Gasteiger partial charge in [-0.05, 0) is 56.1 Å². The largest absolute Gasteiger partial charge is 1.00 e. The van der Waals surface area contributed by atoms with Crippen LogP contribution in [0.4, 0.5) is 14.9 Å². The summed E-state index contributed by atoms with van der Waals surface area (Å²) < 4.78 is 25.2. The molecular weight excluding hydrogens is 768 g/mol. The van der Waals surface area contributed by atoms with Crippen LogP contribution in [0.1, 0.15) is 34.5 Å². The number of amides is 1. The van der Waals surface area contributed by atoms with Crippen molar-refractivity contribution in [1.29, 1.82) is 5.26 Å². The molecule has 1 amide bonds. The first-order valence-corrected chi connectivity index (χ1v) is 17.1. The number of aliphatic hydroxyl groups is 1. The number of nitriles is 1. The average Bonchev–Trinajstić information content (AvgIpc) is 3.78. The van der Waals surface area contributed by atoms with E-state index in [9.17, 15) is 19.1 Å². The number of quaternary nitrogens is 1. The molecule has 1 aliphatic rings. The van der Waals surface area contributed by atoms with Crippen molar-refractivity contribution < 1.29 is 45.6 Å². The van der Waals surface area contributed by atoms with Gasteiger partial charge in [0.15, 0.2) is 6.34 Å². The fourth-order valence-corrected chi connectivity index (χ4v) is 6.62. The minimum absolute atomic E-state index is 0. The molecule has 0 saturated carbocycles. The van der Waals surface area contributed by atoms with E-state index in [4.69, 9.17) is 31.3 Å². The zero-order valence-corrected chi connectivity index (χ0v) is 32.1. The number of hydrogen-bond acceptors (Lipinski definition) is 11. The molecule has 3 atom stereocenters. The highest BCUT2D eigenvalue weighted by Crippen LogP contribution is 2.41. The summed E-state index contributed by atoms with van der Waals surface area (Å²) >= 11 is 7.53. The van der Waals surface area contributed by atoms with E-state index in [1.165, 1.54) is 48.3 Å². The summed E-state index contributed by atoms with van der Waals surface area (Å²) in [5, 5.41) is 31.7. The number of halogens is 4. The number of nitrogens with one attached hydrogen (secondary N) is 1. The molecule has 2 N–H and O–H groups in total. The van der Waals surface area contributed by atoms with Gasteiger partial charge in [-0.25, -0.2) is 14.2 Å². The maximum absolute atomic E-state index is 14.6. The number of ether oxygens (including phenoxy) is 2. The Kier molecular flexibility index (Phi) is 15.4. The summed E-state index contributed by atoms with van der Waals surface area (Å²) in [6.45, 7) is 1.67. The molecule has 4 aromatic rings. The Morgan fingerprint density at radius 3 is 2.57 bits per heavy atom. The molecule has 0 fully saturated rings. The van der Waals surface area contributed by atoms with Gasteiger partial charge in [0, 0.05) is 27.4 Å². The number of carbonyl (C=O) groups excluding carboxylic acids is 2. The minimum Gasteiger partial charge on any atom is -1.00 e. The summed E-state index contributed by atoms with van der Waals surface area (Å²) in [5.41, 5.74) is 1.44. The Bertz CT molecular complexity index is 1980. The van der Waals surface area contributed by atoms with Crippen molar-refractivity contribution in [2.75, 3.05) is 45.7 Å². The second-order valence-electron chi connectivity index (χ2n) is 12.2. The van der Waals surface area contributed by atoms with Crippen LogP contribution in [-0.2, 0) is 26.5 Å². The third kappa shape index (κ3) is 11.0. The molecule has 1 aliphatic heterocycles. The predicted octanol–water partition coefficient (Wildman–Crippen LogP) is 3.55. The van der Waals surface area contributed by atoms with E-state index in [1.807, 2.05) is 12.3 Å². The van der Waals surface area contributed by atoms with Gasteiger partial charge in [-0.2, -0.15) is 10.3 Å². The highest BCUT2D eigenvalue weighted by molar-refractivity contribution is 7.10. The molecular formula is C36H37Cl3FN7O5S. The molecule has 1 aromatic heterocycles. The van der Waals surface area contributed by atoms with E-state index in [1.54, 1.807) is 61.5 Å². The molecule has 0 saturated heterocycles. The Balaban J connectivity index is 0.00000378. The van der Waals surface area contributed by atoms with Gasteiger partial charge in [-0.3, -0.25) is 15.0 Å². The van der Waals surface area contributed by atoms with Crippen molar-refractivity contribution in [3.8, 4) is 17.3 Å². The third-order valence-corrected chi connectivity index (χ3v) is 9.50. The van der Waals surface area contributed by atoms with Gasteiger partial charge in [-0.1, -0.05) is 54.0 Å². The Morgan fingerprint density at radius 1 is 1.15 bits per heavy atom. The van der Waals surface area contributed by atoms with Crippen LogP contribution in [0.2, 0.25) is 5.02 Å². The normalized spacial score (nSPS) is 16.1. The van der Waals surface area contributed by atoms with Crippen molar-refractivity contribution in [3.63, 3.8) is 0 Å². The van der Waals surface area contributed by atoms with E-state index >= 15 is 0 Å². The van der Waals surface area contributed by atoms with Crippen LogP contribution in [0.5, 0.6) is 0 Å². The zero-order chi connectivity index (χ0) is 36.6. The maximum Gasteiger partial charge on any atom is 0.411 e. The standard InChI is InChI=1S/C36H35ClFN7O5S.2ClH/c1-24(34-42-32(20-51-34)26-9-7-25(17-39)8-10-26)36(48,28-5-4-6-30(38)15-28)21-45(23-40-22-41-45)13-14-49-35(47)43-31-16-29(37)12-11-27(31)19-50-33(46)18-44(2)3;;/h4-12,15-16,20,22-24,48H,13-14,18-19,21H2,1-3H3;2*1H/t24-,36+,45?;;/m0../s1. The molecule has 280 valence electrons. The fourth-order valence-electron chi connectivity index (χ4n) is 5.48. The first-order valence-electron chi connectivity index (χ1n) is 15.8. The summed E-state index contributed by atoms with van der Waals surface area (Å²) in [4.78, 5) is 35.7. The number of hydrogen-bond donors (Lipinski definition) is 2. The molecule has 1 unspecified atom stereocenters. The molecule has 0 aliphatic carbocycles. The number of rotatable bonds is 14. The van der Waals surface area contributed by atoms with Crippen LogP contribution >= 0.6 is 35.3 Å². The Morgan fingerprint density at radius 2 is 1.91 bits per heavy atom. The predicted molar refractivity (Wildman–Crippen MR) is 200 cm³/mol. The second-order valence-corrected chi connectivity index (χ2v) is 13.6. The topological polar surface area (TPSA) is 150 Å². The van der Waals surface area contributed by atoms with Crippen molar-refractivity contribution in [2.45, 2.75) is 25.0 Å². The number of anilines is 1. The zero-order valence-electron chi connectivity index (χ0n) is 28.9. The number of carbonyl (C=O) groups is 2. The summed E-state index contributed by atoms with van der Waals surface area (Å²) in [6.07, 6.45) is 2.08. The molecule has 17 heteroatoms. The quantitative estimate of drug-likeness (QED) is 0.145. The number of nitrogens with zero attached hydrogens (tertiary/aromatic N) is 6. The SMILES string of the molecule is C[C@@H](c1nc(-c2ccc(C#N)cc2)cs1)[C@](O)(C[N+]1(CCOC(=O)Nc2cc(Cl)ccc2COC(=O)CN(C)C)C=NC=N1)c1cccc(F)c1.Cl.[Cl-]. The molecule has 5 rings (SSSR count). The van der Waals surface area contributed by atoms with E-state index in [2.05, 4.69) is 21.5 Å². The van der Waals surface area contributed by atoms with Crippen LogP contribution in [0.3, 0.4) is 0 Å². The van der Waals surface area contributed by atoms with Crippen molar-refractivity contribution in [1.82, 2.24) is 9.88 Å². The fraction of sp³-hybridized carbons (Fsp3) is 0.278. The molecule has 12 nitrogen and oxygen atoms in total. The van der Waals surface area contributed by atoms with E-state index in [-0.39, 0.29) is 62.3 Å². The van der Waals surface area contributed by atoms with E-state index in [0.29, 0.717) is 38.1 Å². The number of aromatic nitrogens is 1. The van der Waals surface area contributed by atoms with Crippen LogP contribution in [0.25, 0.3) is 11.3 Å². The summed E-state index contributed by atoms with van der Waals surface area (Å²) in [6, 6.07) is 19.7. The number of esters is 1. The first-order chi connectivity index (χ1) is 24.4. The smallest absolute Gasteiger partial charge is 0.411 e. The maximum atomic E-state index is 14.6. The minimum atomic E-state index is -1.71. The highest BCUT2D eigenvalue weighted by atomic mass is 35.5. The Hall–Kier alpha value is -4.46. The first kappa shape index (κ1) is 42.9. The number of aliphatic imine (C=N–C) groups is 1. The van der Waals surface area contributed by atoms with Crippen molar-refractivity contribution in [3.05, 3.63) is 105 Å². The Labute approximate surface area is 327 Å². The van der Waals surface area contributed by atoms with E-state index < -0.39 is 29.4 Å². The number of likely N-dealkylation sites (N-methyl/N-ethyl adjacent to an activating group) is 1. The lowest BCUT2D eigenvalue weighted by atomic mass is 9.81. The van der Waals surface area contributed by atoms with Crippen LogP contribution in [0, 0.1) is 17.1 Å². The number of benzene rings is 3. The molecule has 53 heavy (non-hydrogen) atoms.